The third-order valence-corrected chi connectivity index (χ3v) is 7.43. The van der Waals surface area contributed by atoms with E-state index in [0.29, 0.717) is 27.7 Å². The monoisotopic (exact) mass is 402 g/mol. The van der Waals surface area contributed by atoms with Gasteiger partial charge in [-0.25, -0.2) is 4.98 Å². The van der Waals surface area contributed by atoms with Gasteiger partial charge in [-0.1, -0.05) is 12.8 Å². The number of aryl methyl sites for hydroxylation is 2. The van der Waals surface area contributed by atoms with Crippen molar-refractivity contribution < 1.29 is 4.79 Å². The molecule has 2 aromatic rings. The van der Waals surface area contributed by atoms with Gasteiger partial charge in [-0.05, 0) is 51.6 Å². The van der Waals surface area contributed by atoms with Gasteiger partial charge in [0.2, 0.25) is 0 Å². The van der Waals surface area contributed by atoms with Gasteiger partial charge in [0, 0.05) is 32.1 Å². The molecule has 152 valence electrons. The van der Waals surface area contributed by atoms with E-state index in [-0.39, 0.29) is 11.5 Å². The fraction of sp³-hybridized carbons (Fsp3) is 0.667. The van der Waals surface area contributed by atoms with Crippen LogP contribution in [0.5, 0.6) is 0 Å². The van der Waals surface area contributed by atoms with E-state index >= 15 is 0 Å². The molecule has 7 heteroatoms. The molecule has 0 spiro atoms. The van der Waals surface area contributed by atoms with Crippen molar-refractivity contribution >= 4 is 27.5 Å². The van der Waals surface area contributed by atoms with Crippen molar-refractivity contribution in [3.8, 4) is 0 Å². The van der Waals surface area contributed by atoms with Crippen molar-refractivity contribution in [2.75, 3.05) is 19.6 Å². The molecule has 1 saturated heterocycles. The average Bonchev–Trinajstić information content (AvgIpc) is 2.85. The predicted octanol–water partition coefficient (Wildman–Crippen LogP) is 3.10. The van der Waals surface area contributed by atoms with E-state index in [2.05, 4.69) is 17.1 Å². The largest absolute Gasteiger partial charge is 0.350 e. The van der Waals surface area contributed by atoms with Crippen molar-refractivity contribution in [3.63, 3.8) is 0 Å². The van der Waals surface area contributed by atoms with Gasteiger partial charge in [-0.2, -0.15) is 0 Å². The van der Waals surface area contributed by atoms with Crippen LogP contribution in [0.15, 0.2) is 4.79 Å². The van der Waals surface area contributed by atoms with Crippen molar-refractivity contribution in [2.45, 2.75) is 71.4 Å². The normalized spacial score (nSPS) is 20.7. The molecule has 0 aromatic carbocycles. The summed E-state index contributed by atoms with van der Waals surface area (Å²) in [5.74, 6) is 0.798. The number of amides is 1. The zero-order valence-corrected chi connectivity index (χ0v) is 17.7. The van der Waals surface area contributed by atoms with Crippen LogP contribution in [0.25, 0.3) is 10.2 Å². The van der Waals surface area contributed by atoms with E-state index in [9.17, 15) is 9.59 Å². The highest BCUT2D eigenvalue weighted by Gasteiger charge is 2.23. The second-order valence-electron chi connectivity index (χ2n) is 8.17. The van der Waals surface area contributed by atoms with Crippen LogP contribution in [-0.2, 0) is 13.0 Å². The van der Waals surface area contributed by atoms with Crippen LogP contribution < -0.4 is 10.9 Å². The number of likely N-dealkylation sites (tertiary alicyclic amines) is 1. The molecule has 28 heavy (non-hydrogen) atoms. The van der Waals surface area contributed by atoms with E-state index in [1.165, 1.54) is 30.6 Å². The van der Waals surface area contributed by atoms with Gasteiger partial charge in [0.1, 0.15) is 10.7 Å². The number of carbonyl (C=O) groups excluding carboxylic acids is 1. The summed E-state index contributed by atoms with van der Waals surface area (Å²) in [6.07, 6.45) is 7.86. The maximum absolute atomic E-state index is 13.0. The highest BCUT2D eigenvalue weighted by atomic mass is 32.1. The molecular weight excluding hydrogens is 372 g/mol. The van der Waals surface area contributed by atoms with E-state index in [1.807, 2.05) is 11.5 Å². The third-order valence-electron chi connectivity index (χ3n) is 6.24. The lowest BCUT2D eigenvalue weighted by molar-refractivity contribution is 0.0942. The van der Waals surface area contributed by atoms with Crippen LogP contribution in [0.3, 0.4) is 0 Å². The number of thiophene rings is 1. The maximum Gasteiger partial charge on any atom is 0.262 e. The van der Waals surface area contributed by atoms with Crippen molar-refractivity contribution in [1.82, 2.24) is 19.8 Å². The Morgan fingerprint density at radius 1 is 1.21 bits per heavy atom. The molecule has 1 atom stereocenters. The Morgan fingerprint density at radius 3 is 2.86 bits per heavy atom. The minimum absolute atomic E-state index is 0.0249. The number of rotatable bonds is 4. The van der Waals surface area contributed by atoms with Gasteiger partial charge in [-0.15, -0.1) is 11.3 Å². The second kappa shape index (κ2) is 8.33. The Kier molecular flexibility index (Phi) is 5.83. The second-order valence-corrected chi connectivity index (χ2v) is 9.17. The Hall–Kier alpha value is -1.73. The summed E-state index contributed by atoms with van der Waals surface area (Å²) < 4.78 is 1.83. The Bertz CT molecular complexity index is 933. The van der Waals surface area contributed by atoms with Crippen LogP contribution >= 0.6 is 11.3 Å². The molecular formula is C21H30N4O2S. The third kappa shape index (κ3) is 3.74. The number of aromatic nitrogens is 2. The molecule has 0 radical (unpaired) electrons. The number of fused-ring (bicyclic) bond motifs is 2. The van der Waals surface area contributed by atoms with E-state index in [0.717, 1.165) is 56.7 Å². The van der Waals surface area contributed by atoms with Crippen LogP contribution in [-0.4, -0.2) is 46.0 Å². The lowest BCUT2D eigenvalue weighted by Gasteiger charge is -2.33. The molecule has 0 bridgehead atoms. The van der Waals surface area contributed by atoms with Crippen molar-refractivity contribution in [3.05, 3.63) is 26.6 Å². The van der Waals surface area contributed by atoms with Gasteiger partial charge < -0.3 is 5.32 Å². The molecule has 0 saturated carbocycles. The van der Waals surface area contributed by atoms with E-state index in [1.54, 1.807) is 0 Å². The van der Waals surface area contributed by atoms with E-state index < -0.39 is 0 Å². The van der Waals surface area contributed by atoms with Gasteiger partial charge in [0.15, 0.2) is 0 Å². The number of hydrogen-bond donors (Lipinski definition) is 1. The minimum Gasteiger partial charge on any atom is -0.350 e. The summed E-state index contributed by atoms with van der Waals surface area (Å²) in [4.78, 5) is 34.4. The molecule has 1 N–H and O–H groups in total. The van der Waals surface area contributed by atoms with Crippen LogP contribution in [0.1, 0.15) is 66.5 Å². The van der Waals surface area contributed by atoms with Crippen LogP contribution in [0.2, 0.25) is 0 Å². The van der Waals surface area contributed by atoms with Crippen LogP contribution in [0.4, 0.5) is 0 Å². The quantitative estimate of drug-likeness (QED) is 0.853. The first kappa shape index (κ1) is 19.6. The Morgan fingerprint density at radius 2 is 2.04 bits per heavy atom. The molecule has 6 nitrogen and oxygen atoms in total. The number of hydrogen-bond acceptors (Lipinski definition) is 5. The predicted molar refractivity (Wildman–Crippen MR) is 113 cm³/mol. The SMILES string of the molecule is Cc1c(C(=O)NCCN2CCCC[C@H]2C)sc2nc3n(c(=O)c12)CCCCC3. The lowest BCUT2D eigenvalue weighted by atomic mass is 10.0. The molecule has 2 aliphatic rings. The summed E-state index contributed by atoms with van der Waals surface area (Å²) in [7, 11) is 0. The average molecular weight is 403 g/mol. The van der Waals surface area contributed by atoms with Crippen molar-refractivity contribution in [1.29, 1.82) is 0 Å². The Labute approximate surface area is 169 Å². The summed E-state index contributed by atoms with van der Waals surface area (Å²) in [6, 6.07) is 0.594. The molecule has 0 unspecified atom stereocenters. The molecule has 1 fully saturated rings. The summed E-state index contributed by atoms with van der Waals surface area (Å²) in [5.41, 5.74) is 0.803. The fourth-order valence-corrected chi connectivity index (χ4v) is 5.62. The van der Waals surface area contributed by atoms with Gasteiger partial charge in [0.25, 0.3) is 11.5 Å². The smallest absolute Gasteiger partial charge is 0.262 e. The molecule has 2 aliphatic heterocycles. The molecule has 4 rings (SSSR count). The molecule has 0 aliphatic carbocycles. The maximum atomic E-state index is 13.0. The van der Waals surface area contributed by atoms with Gasteiger partial charge in [0.05, 0.1) is 10.3 Å². The first-order valence-corrected chi connectivity index (χ1v) is 11.4. The first-order valence-electron chi connectivity index (χ1n) is 10.6. The van der Waals surface area contributed by atoms with E-state index in [4.69, 9.17) is 4.98 Å². The minimum atomic E-state index is -0.0789. The molecule has 1 amide bonds. The summed E-state index contributed by atoms with van der Waals surface area (Å²) in [5, 5.41) is 3.69. The Balaban J connectivity index is 1.52. The summed E-state index contributed by atoms with van der Waals surface area (Å²) >= 11 is 1.36. The van der Waals surface area contributed by atoms with Crippen LogP contribution in [0, 0.1) is 6.92 Å². The van der Waals surface area contributed by atoms with Crippen molar-refractivity contribution in [2.24, 2.45) is 0 Å². The molecule has 4 heterocycles. The standard InChI is InChI=1S/C21H30N4O2S/c1-14-8-5-7-11-24(14)13-10-22-19(26)18-15(2)17-20(28-18)23-16-9-4-3-6-12-25(16)21(17)27/h14H,3-13H2,1-2H3,(H,22,26)/t14-/m1/s1. The number of nitrogens with one attached hydrogen (secondary N) is 1. The van der Waals surface area contributed by atoms with Gasteiger partial charge >= 0.3 is 0 Å². The van der Waals surface area contributed by atoms with Gasteiger partial charge in [-0.3, -0.25) is 19.1 Å². The lowest BCUT2D eigenvalue weighted by Crippen LogP contribution is -2.42. The number of piperidine rings is 1. The number of carbonyl (C=O) groups is 1. The number of nitrogens with zero attached hydrogens (tertiary/aromatic N) is 3. The topological polar surface area (TPSA) is 67.2 Å². The highest BCUT2D eigenvalue weighted by Crippen LogP contribution is 2.28. The summed E-state index contributed by atoms with van der Waals surface area (Å²) in [6.45, 7) is 7.52. The zero-order chi connectivity index (χ0) is 19.7. The first-order chi connectivity index (χ1) is 13.6. The molecule has 2 aromatic heterocycles. The fourth-order valence-electron chi connectivity index (χ4n) is 4.51. The highest BCUT2D eigenvalue weighted by molar-refractivity contribution is 7.20. The zero-order valence-electron chi connectivity index (χ0n) is 16.9.